The molecule has 0 fully saturated rings. The van der Waals surface area contributed by atoms with E-state index in [1.54, 1.807) is 11.4 Å². The van der Waals surface area contributed by atoms with Crippen molar-refractivity contribution >= 4 is 28.9 Å². The number of amides is 1. The summed E-state index contributed by atoms with van der Waals surface area (Å²) in [6.07, 6.45) is 0. The van der Waals surface area contributed by atoms with Crippen LogP contribution in [0.2, 0.25) is 0 Å². The molecule has 0 radical (unpaired) electrons. The molecular weight excluding hydrogens is 276 g/mol. The monoisotopic (exact) mass is 290 g/mol. The Bertz CT molecular complexity index is 595. The number of nitrogens with two attached hydrogens (primary N) is 1. The van der Waals surface area contributed by atoms with Gasteiger partial charge < -0.3 is 15.8 Å². The molecular formula is C14H14N2O3S. The van der Waals surface area contributed by atoms with Gasteiger partial charge in [-0.15, -0.1) is 11.3 Å². The van der Waals surface area contributed by atoms with E-state index in [9.17, 15) is 9.59 Å². The van der Waals surface area contributed by atoms with Crippen molar-refractivity contribution in [3.05, 3.63) is 52.2 Å². The van der Waals surface area contributed by atoms with Gasteiger partial charge >= 0.3 is 5.97 Å². The largest absolute Gasteiger partial charge is 0.451 e. The molecule has 0 spiro atoms. The van der Waals surface area contributed by atoms with Crippen molar-refractivity contribution in [3.8, 4) is 0 Å². The van der Waals surface area contributed by atoms with Gasteiger partial charge in [-0.25, -0.2) is 4.79 Å². The first-order chi connectivity index (χ1) is 9.66. The molecule has 0 aliphatic heterocycles. The average molecular weight is 290 g/mol. The summed E-state index contributed by atoms with van der Waals surface area (Å²) in [5.74, 6) is -0.926. The fraction of sp³-hybridized carbons (Fsp3) is 0.143. The van der Waals surface area contributed by atoms with Gasteiger partial charge in [0.05, 0.1) is 5.69 Å². The van der Waals surface area contributed by atoms with E-state index in [1.165, 1.54) is 11.3 Å². The molecule has 3 N–H and O–H groups in total. The van der Waals surface area contributed by atoms with E-state index in [0.717, 1.165) is 5.56 Å². The molecule has 0 aliphatic rings. The number of carbonyl (C=O) groups excluding carboxylic acids is 2. The SMILES string of the molecule is Nc1ccsc1C(=O)OCC(=O)NCc1ccccc1. The Morgan fingerprint density at radius 1 is 1.20 bits per heavy atom. The summed E-state index contributed by atoms with van der Waals surface area (Å²) in [4.78, 5) is 23.5. The minimum Gasteiger partial charge on any atom is -0.451 e. The summed E-state index contributed by atoms with van der Waals surface area (Å²) in [5.41, 5.74) is 6.94. The zero-order valence-corrected chi connectivity index (χ0v) is 11.5. The lowest BCUT2D eigenvalue weighted by Crippen LogP contribution is -2.28. The molecule has 1 aromatic carbocycles. The van der Waals surface area contributed by atoms with E-state index in [4.69, 9.17) is 10.5 Å². The van der Waals surface area contributed by atoms with Gasteiger partial charge in [-0.1, -0.05) is 30.3 Å². The lowest BCUT2D eigenvalue weighted by molar-refractivity contribution is -0.124. The van der Waals surface area contributed by atoms with Crippen molar-refractivity contribution in [2.75, 3.05) is 12.3 Å². The Morgan fingerprint density at radius 2 is 1.95 bits per heavy atom. The van der Waals surface area contributed by atoms with Crippen LogP contribution < -0.4 is 11.1 Å². The Labute approximate surface area is 120 Å². The molecule has 6 heteroatoms. The lowest BCUT2D eigenvalue weighted by Gasteiger charge is -2.06. The second-order valence-electron chi connectivity index (χ2n) is 4.04. The van der Waals surface area contributed by atoms with E-state index in [-0.39, 0.29) is 12.5 Å². The number of ether oxygens (including phenoxy) is 1. The van der Waals surface area contributed by atoms with Crippen LogP contribution in [0.3, 0.4) is 0 Å². The van der Waals surface area contributed by atoms with Crippen LogP contribution in [0, 0.1) is 0 Å². The highest BCUT2D eigenvalue weighted by molar-refractivity contribution is 7.12. The van der Waals surface area contributed by atoms with Gasteiger partial charge in [0.2, 0.25) is 0 Å². The van der Waals surface area contributed by atoms with Crippen LogP contribution >= 0.6 is 11.3 Å². The molecule has 1 heterocycles. The van der Waals surface area contributed by atoms with Crippen LogP contribution in [0.25, 0.3) is 0 Å². The quantitative estimate of drug-likeness (QED) is 0.823. The van der Waals surface area contributed by atoms with Crippen molar-refractivity contribution < 1.29 is 14.3 Å². The van der Waals surface area contributed by atoms with Crippen LogP contribution in [-0.2, 0) is 16.1 Å². The first-order valence-electron chi connectivity index (χ1n) is 5.97. The predicted octanol–water partition coefficient (Wildman–Crippen LogP) is 1.80. The van der Waals surface area contributed by atoms with Crippen molar-refractivity contribution in [1.82, 2.24) is 5.32 Å². The molecule has 0 saturated carbocycles. The number of benzene rings is 1. The second kappa shape index (κ2) is 6.72. The van der Waals surface area contributed by atoms with Crippen LogP contribution in [0.4, 0.5) is 5.69 Å². The van der Waals surface area contributed by atoms with E-state index in [1.807, 2.05) is 30.3 Å². The van der Waals surface area contributed by atoms with Gasteiger partial charge in [0, 0.05) is 6.54 Å². The fourth-order valence-electron chi connectivity index (χ4n) is 1.53. The summed E-state index contributed by atoms with van der Waals surface area (Å²) in [5, 5.41) is 4.37. The third-order valence-corrected chi connectivity index (χ3v) is 3.46. The third-order valence-electron chi connectivity index (χ3n) is 2.55. The molecule has 0 bridgehead atoms. The Morgan fingerprint density at radius 3 is 2.60 bits per heavy atom. The minimum atomic E-state index is -0.577. The Hall–Kier alpha value is -2.34. The molecule has 2 rings (SSSR count). The number of rotatable bonds is 5. The van der Waals surface area contributed by atoms with E-state index in [0.29, 0.717) is 17.1 Å². The molecule has 1 amide bonds. The highest BCUT2D eigenvalue weighted by Gasteiger charge is 2.14. The summed E-state index contributed by atoms with van der Waals surface area (Å²) in [7, 11) is 0. The van der Waals surface area contributed by atoms with E-state index < -0.39 is 5.97 Å². The number of thiophene rings is 1. The predicted molar refractivity (Wildman–Crippen MR) is 77.3 cm³/mol. The van der Waals surface area contributed by atoms with E-state index in [2.05, 4.69) is 5.32 Å². The number of hydrogen-bond donors (Lipinski definition) is 2. The molecule has 0 aliphatic carbocycles. The molecule has 0 atom stereocenters. The first kappa shape index (κ1) is 14.1. The van der Waals surface area contributed by atoms with Gasteiger partial charge in [0.25, 0.3) is 5.91 Å². The Kier molecular flexibility index (Phi) is 4.73. The molecule has 5 nitrogen and oxygen atoms in total. The average Bonchev–Trinajstić information content (AvgIpc) is 2.90. The van der Waals surface area contributed by atoms with Gasteiger partial charge in [0.15, 0.2) is 6.61 Å². The summed E-state index contributed by atoms with van der Waals surface area (Å²) < 4.78 is 4.90. The van der Waals surface area contributed by atoms with Gasteiger partial charge in [-0.05, 0) is 17.0 Å². The first-order valence-corrected chi connectivity index (χ1v) is 6.85. The molecule has 20 heavy (non-hydrogen) atoms. The standard InChI is InChI=1S/C14H14N2O3S/c15-11-6-7-20-13(11)14(18)19-9-12(17)16-8-10-4-2-1-3-5-10/h1-7H,8-9,15H2,(H,16,17). The molecule has 0 unspecified atom stereocenters. The van der Waals surface area contributed by atoms with Crippen molar-refractivity contribution in [1.29, 1.82) is 0 Å². The second-order valence-corrected chi connectivity index (χ2v) is 4.96. The zero-order valence-electron chi connectivity index (χ0n) is 10.7. The molecule has 1 aromatic heterocycles. The fourth-order valence-corrected chi connectivity index (χ4v) is 2.24. The molecule has 104 valence electrons. The number of carbonyl (C=O) groups is 2. The van der Waals surface area contributed by atoms with Crippen molar-refractivity contribution in [3.63, 3.8) is 0 Å². The van der Waals surface area contributed by atoms with Crippen LogP contribution in [-0.4, -0.2) is 18.5 Å². The minimum absolute atomic E-state index is 0.316. The smallest absolute Gasteiger partial charge is 0.350 e. The maximum atomic E-state index is 11.6. The Balaban J connectivity index is 1.75. The van der Waals surface area contributed by atoms with Gasteiger partial charge in [0.1, 0.15) is 4.88 Å². The van der Waals surface area contributed by atoms with Crippen LogP contribution in [0.1, 0.15) is 15.2 Å². The summed E-state index contributed by atoms with van der Waals surface area (Å²) in [6.45, 7) is 0.0847. The van der Waals surface area contributed by atoms with Crippen LogP contribution in [0.5, 0.6) is 0 Å². The summed E-state index contributed by atoms with van der Waals surface area (Å²) in [6, 6.07) is 11.1. The number of nitrogens with one attached hydrogen (secondary N) is 1. The maximum absolute atomic E-state index is 11.6. The normalized spacial score (nSPS) is 10.0. The summed E-state index contributed by atoms with van der Waals surface area (Å²) >= 11 is 1.19. The highest BCUT2D eigenvalue weighted by Crippen LogP contribution is 2.19. The highest BCUT2D eigenvalue weighted by atomic mass is 32.1. The lowest BCUT2D eigenvalue weighted by atomic mass is 10.2. The number of nitrogen functional groups attached to an aromatic ring is 1. The van der Waals surface area contributed by atoms with Gasteiger partial charge in [-0.3, -0.25) is 4.79 Å². The zero-order chi connectivity index (χ0) is 14.4. The maximum Gasteiger partial charge on any atom is 0.350 e. The van der Waals surface area contributed by atoms with Crippen molar-refractivity contribution in [2.45, 2.75) is 6.54 Å². The molecule has 2 aromatic rings. The number of anilines is 1. The van der Waals surface area contributed by atoms with E-state index >= 15 is 0 Å². The van der Waals surface area contributed by atoms with Crippen LogP contribution in [0.15, 0.2) is 41.8 Å². The number of esters is 1. The topological polar surface area (TPSA) is 81.4 Å². The number of hydrogen-bond acceptors (Lipinski definition) is 5. The van der Waals surface area contributed by atoms with Crippen molar-refractivity contribution in [2.24, 2.45) is 0 Å². The molecule has 0 saturated heterocycles. The van der Waals surface area contributed by atoms with Gasteiger partial charge in [-0.2, -0.15) is 0 Å². The third kappa shape index (κ3) is 3.83.